The Morgan fingerprint density at radius 3 is 2.57 bits per heavy atom. The van der Waals surface area contributed by atoms with Gasteiger partial charge in [0.15, 0.2) is 0 Å². The van der Waals surface area contributed by atoms with Gasteiger partial charge in [-0.25, -0.2) is 4.79 Å². The molecule has 0 radical (unpaired) electrons. The third-order valence-corrected chi connectivity index (χ3v) is 6.30. The number of nitrogens with zero attached hydrogens (tertiary/aromatic N) is 1. The minimum Gasteiger partial charge on any atom is -0.370 e. The first-order valence-corrected chi connectivity index (χ1v) is 12.2. The van der Waals surface area contributed by atoms with E-state index in [4.69, 9.17) is 16.3 Å². The number of carbonyl (C=O) groups is 4. The van der Waals surface area contributed by atoms with Crippen LogP contribution < -0.4 is 26.2 Å². The molecule has 1 atom stereocenters. The first-order valence-electron chi connectivity index (χ1n) is 11.0. The minimum atomic E-state index is -4.83. The van der Waals surface area contributed by atoms with Gasteiger partial charge in [-0.15, -0.1) is 11.3 Å². The number of carbonyl (C=O) groups excluding carboxylic acids is 4. The standard InChI is InChI=1S/C22H23ClF3N5O5S/c1-2-27-21(35)30-14(10-28-20(34)16-5-6-17(23)37-16)19(33)29-12-3-4-15(13(9-12)22(24,25)26)31-7-8-36-11-18(31)32/h3-6,9,14H,2,7-8,10-11H2,1H3,(H,28,34)(H,29,33)(H2,27,30,35)/t14-/m1/s1. The Hall–Kier alpha value is -3.36. The number of hydrogen-bond acceptors (Lipinski definition) is 6. The third-order valence-electron chi connectivity index (χ3n) is 5.07. The molecule has 1 aliphatic rings. The molecule has 5 amide bonds. The van der Waals surface area contributed by atoms with Crippen LogP contribution in [0.25, 0.3) is 0 Å². The lowest BCUT2D eigenvalue weighted by Crippen LogP contribution is -2.53. The van der Waals surface area contributed by atoms with E-state index in [1.165, 1.54) is 18.2 Å². The molecule has 0 aliphatic carbocycles. The van der Waals surface area contributed by atoms with Gasteiger partial charge in [0.05, 0.1) is 27.1 Å². The van der Waals surface area contributed by atoms with E-state index in [2.05, 4.69) is 21.3 Å². The summed E-state index contributed by atoms with van der Waals surface area (Å²) in [5.74, 6) is -2.05. The van der Waals surface area contributed by atoms with Gasteiger partial charge >= 0.3 is 12.2 Å². The number of nitrogens with one attached hydrogen (secondary N) is 4. The van der Waals surface area contributed by atoms with Gasteiger partial charge in [-0.2, -0.15) is 13.2 Å². The number of morpholine rings is 1. The third kappa shape index (κ3) is 7.57. The Morgan fingerprint density at radius 2 is 1.95 bits per heavy atom. The molecule has 4 N–H and O–H groups in total. The second kappa shape index (κ2) is 12.3. The minimum absolute atomic E-state index is 0.0543. The lowest BCUT2D eigenvalue weighted by molar-refractivity contribution is -0.137. The van der Waals surface area contributed by atoms with E-state index in [-0.39, 0.29) is 49.1 Å². The van der Waals surface area contributed by atoms with Crippen molar-refractivity contribution in [3.63, 3.8) is 0 Å². The smallest absolute Gasteiger partial charge is 0.370 e. The van der Waals surface area contributed by atoms with Crippen LogP contribution in [-0.4, -0.2) is 62.6 Å². The van der Waals surface area contributed by atoms with Crippen LogP contribution in [0.15, 0.2) is 30.3 Å². The molecule has 1 saturated heterocycles. The van der Waals surface area contributed by atoms with E-state index in [9.17, 15) is 32.3 Å². The zero-order valence-corrected chi connectivity index (χ0v) is 21.0. The normalized spacial score (nSPS) is 14.6. The van der Waals surface area contributed by atoms with E-state index in [1.54, 1.807) is 6.92 Å². The number of thiophene rings is 1. The van der Waals surface area contributed by atoms with Gasteiger partial charge < -0.3 is 30.9 Å². The van der Waals surface area contributed by atoms with Crippen LogP contribution in [-0.2, 0) is 20.5 Å². The molecule has 0 saturated carbocycles. The summed E-state index contributed by atoms with van der Waals surface area (Å²) in [6.07, 6.45) is -4.83. The molecule has 37 heavy (non-hydrogen) atoms. The maximum Gasteiger partial charge on any atom is 0.418 e. The fraction of sp³-hybridized carbons (Fsp3) is 0.364. The largest absolute Gasteiger partial charge is 0.418 e. The number of benzene rings is 1. The molecule has 1 fully saturated rings. The summed E-state index contributed by atoms with van der Waals surface area (Å²) in [6.45, 7) is 1.23. The van der Waals surface area contributed by atoms with Crippen molar-refractivity contribution >= 4 is 58.1 Å². The summed E-state index contributed by atoms with van der Waals surface area (Å²) in [5.41, 5.74) is -1.71. The molecule has 1 aromatic carbocycles. The monoisotopic (exact) mass is 561 g/mol. The van der Waals surface area contributed by atoms with Gasteiger partial charge in [0.2, 0.25) is 5.91 Å². The molecule has 0 spiro atoms. The highest BCUT2D eigenvalue weighted by Crippen LogP contribution is 2.38. The van der Waals surface area contributed by atoms with Crippen molar-refractivity contribution in [3.05, 3.63) is 45.1 Å². The number of anilines is 2. The van der Waals surface area contributed by atoms with E-state index >= 15 is 0 Å². The second-order valence-corrected chi connectivity index (χ2v) is 9.40. The molecule has 0 unspecified atom stereocenters. The maximum absolute atomic E-state index is 13.8. The summed E-state index contributed by atoms with van der Waals surface area (Å²) < 4.78 is 46.9. The maximum atomic E-state index is 13.8. The SMILES string of the molecule is CCNC(=O)N[C@H](CNC(=O)c1ccc(Cl)s1)C(=O)Nc1ccc(N2CCOCC2=O)c(C(F)(F)F)c1. The van der Waals surface area contributed by atoms with Gasteiger partial charge in [-0.1, -0.05) is 11.6 Å². The van der Waals surface area contributed by atoms with Crippen molar-refractivity contribution in [1.82, 2.24) is 16.0 Å². The molecular weight excluding hydrogens is 539 g/mol. The average Bonchev–Trinajstić information content (AvgIpc) is 3.28. The zero-order chi connectivity index (χ0) is 27.2. The summed E-state index contributed by atoms with van der Waals surface area (Å²) in [6, 6.07) is 3.94. The van der Waals surface area contributed by atoms with Crippen LogP contribution in [0, 0.1) is 0 Å². The highest BCUT2D eigenvalue weighted by Gasteiger charge is 2.37. The van der Waals surface area contributed by atoms with Crippen molar-refractivity contribution in [2.24, 2.45) is 0 Å². The fourth-order valence-corrected chi connectivity index (χ4v) is 4.34. The van der Waals surface area contributed by atoms with Crippen molar-refractivity contribution in [2.75, 3.05) is 43.1 Å². The van der Waals surface area contributed by atoms with Crippen molar-refractivity contribution in [2.45, 2.75) is 19.1 Å². The fourth-order valence-electron chi connectivity index (χ4n) is 3.38. The predicted molar refractivity (Wildman–Crippen MR) is 131 cm³/mol. The van der Waals surface area contributed by atoms with E-state index in [1.807, 2.05) is 0 Å². The second-order valence-electron chi connectivity index (χ2n) is 7.69. The van der Waals surface area contributed by atoms with Gasteiger partial charge in [-0.3, -0.25) is 14.4 Å². The van der Waals surface area contributed by atoms with Gasteiger partial charge in [-0.05, 0) is 37.3 Å². The number of alkyl halides is 3. The van der Waals surface area contributed by atoms with Crippen LogP contribution in [0.1, 0.15) is 22.2 Å². The first-order chi connectivity index (χ1) is 17.5. The summed E-state index contributed by atoms with van der Waals surface area (Å²) >= 11 is 6.83. The Morgan fingerprint density at radius 1 is 1.19 bits per heavy atom. The van der Waals surface area contributed by atoms with Crippen LogP contribution >= 0.6 is 22.9 Å². The lowest BCUT2D eigenvalue weighted by atomic mass is 10.1. The molecule has 2 heterocycles. The number of hydrogen-bond donors (Lipinski definition) is 4. The molecule has 1 aliphatic heterocycles. The van der Waals surface area contributed by atoms with Gasteiger partial charge in [0.1, 0.15) is 12.6 Å². The Labute approximate surface area is 218 Å². The summed E-state index contributed by atoms with van der Waals surface area (Å²) in [7, 11) is 0. The molecular formula is C22H23ClF3N5O5S. The molecule has 200 valence electrons. The number of ether oxygens (including phenoxy) is 1. The zero-order valence-electron chi connectivity index (χ0n) is 19.4. The molecule has 1 aromatic heterocycles. The van der Waals surface area contributed by atoms with Crippen molar-refractivity contribution < 1.29 is 37.1 Å². The van der Waals surface area contributed by atoms with E-state index in [0.29, 0.717) is 10.4 Å². The summed E-state index contributed by atoms with van der Waals surface area (Å²) in [4.78, 5) is 50.6. The molecule has 0 bridgehead atoms. The van der Waals surface area contributed by atoms with Crippen molar-refractivity contribution in [3.8, 4) is 0 Å². The van der Waals surface area contributed by atoms with Crippen LogP contribution in [0.2, 0.25) is 4.34 Å². The van der Waals surface area contributed by atoms with Gasteiger partial charge in [0, 0.05) is 25.3 Å². The number of urea groups is 1. The quantitative estimate of drug-likeness (QED) is 0.394. The summed E-state index contributed by atoms with van der Waals surface area (Å²) in [5, 5.41) is 9.64. The van der Waals surface area contributed by atoms with E-state index in [0.717, 1.165) is 22.3 Å². The van der Waals surface area contributed by atoms with Crippen LogP contribution in [0.4, 0.5) is 29.3 Å². The highest BCUT2D eigenvalue weighted by atomic mass is 35.5. The topological polar surface area (TPSA) is 129 Å². The Balaban J connectivity index is 1.79. The molecule has 3 rings (SSSR count). The van der Waals surface area contributed by atoms with Crippen LogP contribution in [0.5, 0.6) is 0 Å². The highest BCUT2D eigenvalue weighted by molar-refractivity contribution is 7.18. The van der Waals surface area contributed by atoms with Gasteiger partial charge in [0.25, 0.3) is 11.8 Å². The van der Waals surface area contributed by atoms with Crippen LogP contribution in [0.3, 0.4) is 0 Å². The van der Waals surface area contributed by atoms with E-state index < -0.39 is 41.5 Å². The van der Waals surface area contributed by atoms with Crippen molar-refractivity contribution in [1.29, 1.82) is 0 Å². The molecule has 2 aromatic rings. The number of halogens is 4. The Bertz CT molecular complexity index is 1180. The first kappa shape index (κ1) is 28.2. The number of amides is 5. The lowest BCUT2D eigenvalue weighted by Gasteiger charge is -2.29. The predicted octanol–water partition coefficient (Wildman–Crippen LogP) is 2.84. The molecule has 15 heteroatoms. The Kier molecular flexibility index (Phi) is 9.34. The average molecular weight is 562 g/mol. The molecule has 10 nitrogen and oxygen atoms in total. The number of rotatable bonds is 8.